The quantitative estimate of drug-likeness (QED) is 0.526. The van der Waals surface area contributed by atoms with E-state index in [0.29, 0.717) is 0 Å². The van der Waals surface area contributed by atoms with Gasteiger partial charge in [-0.1, -0.05) is 62.3 Å². The summed E-state index contributed by atoms with van der Waals surface area (Å²) in [6, 6.07) is 0. The van der Waals surface area contributed by atoms with Gasteiger partial charge in [-0.15, -0.1) is 0 Å². The Hall–Kier alpha value is -0.443. The molecule has 1 heterocycles. The smallest absolute Gasteiger partial charge is 0.180 e. The third-order valence-electron chi connectivity index (χ3n) is 4.04. The third kappa shape index (κ3) is 1.92. The standard InChI is InChI=1S/C14H28O2Si/c1-12(2,3)17(13(4,5)6,14(7,8)9)11-10-15-16-11/h10H,1-9H3. The van der Waals surface area contributed by atoms with Crippen LogP contribution in [0, 0.1) is 0 Å². The van der Waals surface area contributed by atoms with Crippen molar-refractivity contribution in [3.63, 3.8) is 0 Å². The molecule has 0 saturated carbocycles. The predicted molar refractivity (Wildman–Crippen MR) is 75.5 cm³/mol. The summed E-state index contributed by atoms with van der Waals surface area (Å²) < 4.78 is 10.3. The van der Waals surface area contributed by atoms with Crippen molar-refractivity contribution in [1.82, 2.24) is 0 Å². The Bertz CT molecular complexity index is 321. The summed E-state index contributed by atoms with van der Waals surface area (Å²) in [4.78, 5) is 0. The van der Waals surface area contributed by atoms with E-state index in [0.717, 1.165) is 5.38 Å². The van der Waals surface area contributed by atoms with E-state index in [-0.39, 0.29) is 15.1 Å². The van der Waals surface area contributed by atoms with Crippen molar-refractivity contribution in [2.75, 3.05) is 0 Å². The van der Waals surface area contributed by atoms with Crippen molar-refractivity contribution in [3.05, 3.63) is 6.26 Å². The molecule has 0 aliphatic rings. The summed E-state index contributed by atoms with van der Waals surface area (Å²) in [5.41, 5.74) is 0. The second-order valence-electron chi connectivity index (χ2n) is 8.16. The fourth-order valence-corrected chi connectivity index (χ4v) is 14.1. The van der Waals surface area contributed by atoms with E-state index < -0.39 is 8.07 Å². The van der Waals surface area contributed by atoms with Crippen molar-refractivity contribution in [1.29, 1.82) is 0 Å². The minimum absolute atomic E-state index is 0.221. The molecule has 0 atom stereocenters. The monoisotopic (exact) mass is 256 g/mol. The van der Waals surface area contributed by atoms with Gasteiger partial charge in [0.05, 0.1) is 0 Å². The van der Waals surface area contributed by atoms with Crippen LogP contribution >= 0.6 is 0 Å². The number of hydrogen-bond donors (Lipinski definition) is 0. The molecule has 0 radical (unpaired) electrons. The first-order valence-corrected chi connectivity index (χ1v) is 8.40. The molecule has 0 N–H and O–H groups in total. The molecule has 1 rings (SSSR count). The summed E-state index contributed by atoms with van der Waals surface area (Å²) in [6.07, 6.45) is 1.83. The lowest BCUT2D eigenvalue weighted by Crippen LogP contribution is -2.67. The number of hydrogen-bond acceptors (Lipinski definition) is 2. The molecular formula is C14H28O2Si. The summed E-state index contributed by atoms with van der Waals surface area (Å²) in [6.45, 7) is 21.1. The molecule has 1 aromatic rings. The topological polar surface area (TPSA) is 26.3 Å². The molecule has 0 spiro atoms. The lowest BCUT2D eigenvalue weighted by Gasteiger charge is -2.57. The molecule has 0 aromatic carbocycles. The Morgan fingerprint density at radius 3 is 1.12 bits per heavy atom. The van der Waals surface area contributed by atoms with E-state index in [2.05, 4.69) is 62.3 Å². The lowest BCUT2D eigenvalue weighted by molar-refractivity contribution is 0.0185. The summed E-state index contributed by atoms with van der Waals surface area (Å²) in [5.74, 6) is 0. The first-order valence-electron chi connectivity index (χ1n) is 6.40. The van der Waals surface area contributed by atoms with Gasteiger partial charge in [-0.05, 0) is 15.1 Å². The fraction of sp³-hybridized carbons (Fsp3) is 0.857. The van der Waals surface area contributed by atoms with Crippen LogP contribution in [-0.4, -0.2) is 8.07 Å². The Kier molecular flexibility index (Phi) is 3.24. The predicted octanol–water partition coefficient (Wildman–Crippen LogP) is 4.93. The Labute approximate surface area is 107 Å². The maximum absolute atomic E-state index is 5.40. The molecule has 0 unspecified atom stereocenters. The van der Waals surface area contributed by atoms with Gasteiger partial charge in [0.25, 0.3) is 0 Å². The Morgan fingerprint density at radius 2 is 1.06 bits per heavy atom. The molecule has 2 nitrogen and oxygen atoms in total. The zero-order valence-electron chi connectivity index (χ0n) is 12.9. The van der Waals surface area contributed by atoms with Crippen LogP contribution in [0.15, 0.2) is 15.4 Å². The van der Waals surface area contributed by atoms with E-state index in [9.17, 15) is 0 Å². The van der Waals surface area contributed by atoms with Gasteiger partial charge in [-0.3, -0.25) is 9.15 Å². The zero-order valence-corrected chi connectivity index (χ0v) is 13.9. The number of rotatable bonds is 1. The second kappa shape index (κ2) is 3.77. The molecule has 0 saturated heterocycles. The van der Waals surface area contributed by atoms with Gasteiger partial charge in [-0.25, -0.2) is 0 Å². The third-order valence-corrected chi connectivity index (χ3v) is 11.7. The van der Waals surface area contributed by atoms with Crippen LogP contribution < -0.4 is 5.38 Å². The van der Waals surface area contributed by atoms with Gasteiger partial charge in [-0.2, -0.15) is 0 Å². The van der Waals surface area contributed by atoms with Crippen LogP contribution in [0.5, 0.6) is 0 Å². The average Bonchev–Trinajstić information content (AvgIpc) is 1.86. The average molecular weight is 256 g/mol. The van der Waals surface area contributed by atoms with E-state index in [4.69, 9.17) is 9.15 Å². The normalized spacial score (nSPS) is 15.4. The van der Waals surface area contributed by atoms with Gasteiger partial charge in [0.1, 0.15) is 0 Å². The molecule has 100 valence electrons. The molecule has 0 aliphatic heterocycles. The van der Waals surface area contributed by atoms with Crippen molar-refractivity contribution >= 4 is 13.5 Å². The van der Waals surface area contributed by atoms with Gasteiger partial charge >= 0.3 is 0 Å². The fourth-order valence-electron chi connectivity index (χ4n) is 4.73. The highest BCUT2D eigenvalue weighted by atomic mass is 28.3. The van der Waals surface area contributed by atoms with Gasteiger partial charge in [0.15, 0.2) is 19.7 Å². The lowest BCUT2D eigenvalue weighted by atomic mass is 10.2. The van der Waals surface area contributed by atoms with Crippen LogP contribution in [0.25, 0.3) is 0 Å². The van der Waals surface area contributed by atoms with Crippen LogP contribution in [0.2, 0.25) is 15.1 Å². The van der Waals surface area contributed by atoms with Crippen molar-refractivity contribution in [3.8, 4) is 0 Å². The van der Waals surface area contributed by atoms with E-state index >= 15 is 0 Å². The summed E-state index contributed by atoms with van der Waals surface area (Å²) >= 11 is 0. The summed E-state index contributed by atoms with van der Waals surface area (Å²) in [7, 11) is -1.90. The van der Waals surface area contributed by atoms with E-state index in [1.807, 2.05) is 6.26 Å². The molecule has 0 aliphatic carbocycles. The van der Waals surface area contributed by atoms with Crippen molar-refractivity contribution in [2.45, 2.75) is 77.4 Å². The molecule has 1 aromatic heterocycles. The second-order valence-corrected chi connectivity index (χ2v) is 14.7. The Morgan fingerprint density at radius 1 is 0.765 bits per heavy atom. The van der Waals surface area contributed by atoms with Crippen LogP contribution in [0.4, 0.5) is 0 Å². The maximum atomic E-state index is 5.40. The van der Waals surface area contributed by atoms with Crippen molar-refractivity contribution < 1.29 is 9.15 Å². The van der Waals surface area contributed by atoms with Gasteiger partial charge in [0.2, 0.25) is 0 Å². The van der Waals surface area contributed by atoms with E-state index in [1.54, 1.807) is 0 Å². The largest absolute Gasteiger partial charge is 0.297 e. The molecule has 0 fully saturated rings. The van der Waals surface area contributed by atoms with Crippen LogP contribution in [-0.2, 0) is 0 Å². The van der Waals surface area contributed by atoms with Crippen LogP contribution in [0.1, 0.15) is 62.3 Å². The van der Waals surface area contributed by atoms with Gasteiger partial charge < -0.3 is 0 Å². The SMILES string of the molecule is CC(C)(C)[Si](c1coo1)(C(C)(C)C)C(C)(C)C. The molecule has 0 bridgehead atoms. The van der Waals surface area contributed by atoms with Crippen LogP contribution in [0.3, 0.4) is 0 Å². The minimum Gasteiger partial charge on any atom is -0.297 e. The molecule has 17 heavy (non-hydrogen) atoms. The summed E-state index contributed by atoms with van der Waals surface area (Å²) in [5, 5.41) is 1.78. The highest BCUT2D eigenvalue weighted by molar-refractivity contribution is 6.97. The van der Waals surface area contributed by atoms with Crippen molar-refractivity contribution in [2.24, 2.45) is 0 Å². The highest BCUT2D eigenvalue weighted by Crippen LogP contribution is 2.61. The highest BCUT2D eigenvalue weighted by Gasteiger charge is 2.64. The molecule has 0 amide bonds. The maximum Gasteiger partial charge on any atom is 0.180 e. The molecular weight excluding hydrogens is 228 g/mol. The zero-order chi connectivity index (χ0) is 13.7. The molecule has 3 heteroatoms. The first kappa shape index (κ1) is 14.6. The van der Waals surface area contributed by atoms with Gasteiger partial charge in [0, 0.05) is 0 Å². The first-order chi connectivity index (χ1) is 7.36. The minimum atomic E-state index is -1.90. The van der Waals surface area contributed by atoms with E-state index in [1.165, 1.54) is 0 Å². The Balaban J connectivity index is 3.59.